The van der Waals surface area contributed by atoms with Gasteiger partial charge in [-0.15, -0.1) is 0 Å². The van der Waals surface area contributed by atoms with E-state index in [1.807, 2.05) is 43.3 Å². The van der Waals surface area contributed by atoms with E-state index >= 15 is 0 Å². The molecule has 2 rings (SSSR count). The SMILES string of the molecule is COc1ccc(C(N)c2cc(C)ccc2OC)c(OC)c1. The molecule has 0 spiro atoms. The van der Waals surface area contributed by atoms with Gasteiger partial charge in [-0.2, -0.15) is 0 Å². The van der Waals surface area contributed by atoms with E-state index in [9.17, 15) is 0 Å². The van der Waals surface area contributed by atoms with Crippen LogP contribution in [0.3, 0.4) is 0 Å². The quantitative estimate of drug-likeness (QED) is 0.918. The Kier molecular flexibility index (Phi) is 4.70. The Labute approximate surface area is 125 Å². The van der Waals surface area contributed by atoms with Gasteiger partial charge in [0.2, 0.25) is 0 Å². The summed E-state index contributed by atoms with van der Waals surface area (Å²) in [5.74, 6) is 2.20. The second kappa shape index (κ2) is 6.50. The van der Waals surface area contributed by atoms with E-state index in [1.165, 1.54) is 0 Å². The van der Waals surface area contributed by atoms with Crippen LogP contribution in [0.25, 0.3) is 0 Å². The maximum Gasteiger partial charge on any atom is 0.127 e. The molecule has 0 fully saturated rings. The number of ether oxygens (including phenoxy) is 3. The molecule has 0 heterocycles. The summed E-state index contributed by atoms with van der Waals surface area (Å²) in [7, 11) is 4.89. The minimum absolute atomic E-state index is 0.333. The van der Waals surface area contributed by atoms with Gasteiger partial charge in [-0.05, 0) is 25.1 Å². The van der Waals surface area contributed by atoms with Crippen molar-refractivity contribution in [2.45, 2.75) is 13.0 Å². The fourth-order valence-electron chi connectivity index (χ4n) is 2.34. The van der Waals surface area contributed by atoms with Gasteiger partial charge in [0.05, 0.1) is 27.4 Å². The zero-order valence-corrected chi connectivity index (χ0v) is 12.8. The Morgan fingerprint density at radius 1 is 0.810 bits per heavy atom. The van der Waals surface area contributed by atoms with Crippen LogP contribution in [0.4, 0.5) is 0 Å². The highest BCUT2D eigenvalue weighted by molar-refractivity contribution is 5.49. The molecular formula is C17H21NO3. The van der Waals surface area contributed by atoms with Gasteiger partial charge in [0.15, 0.2) is 0 Å². The van der Waals surface area contributed by atoms with Crippen LogP contribution in [0.15, 0.2) is 36.4 Å². The monoisotopic (exact) mass is 287 g/mol. The van der Waals surface area contributed by atoms with Gasteiger partial charge >= 0.3 is 0 Å². The van der Waals surface area contributed by atoms with E-state index in [2.05, 4.69) is 0 Å². The Morgan fingerprint density at radius 2 is 1.52 bits per heavy atom. The second-order valence-corrected chi connectivity index (χ2v) is 4.83. The van der Waals surface area contributed by atoms with Crippen molar-refractivity contribution in [1.29, 1.82) is 0 Å². The summed E-state index contributed by atoms with van der Waals surface area (Å²) in [5, 5.41) is 0. The third-order valence-corrected chi connectivity index (χ3v) is 3.50. The topological polar surface area (TPSA) is 53.7 Å². The normalized spacial score (nSPS) is 11.9. The molecule has 0 aliphatic carbocycles. The van der Waals surface area contributed by atoms with Gasteiger partial charge in [0.25, 0.3) is 0 Å². The van der Waals surface area contributed by atoms with E-state index in [-0.39, 0.29) is 6.04 Å². The molecule has 0 bridgehead atoms. The second-order valence-electron chi connectivity index (χ2n) is 4.83. The molecule has 0 radical (unpaired) electrons. The van der Waals surface area contributed by atoms with Crippen LogP contribution in [-0.4, -0.2) is 21.3 Å². The maximum atomic E-state index is 6.43. The molecule has 1 atom stereocenters. The van der Waals surface area contributed by atoms with Crippen LogP contribution >= 0.6 is 0 Å². The number of rotatable bonds is 5. The number of aryl methyl sites for hydroxylation is 1. The first kappa shape index (κ1) is 15.2. The van der Waals surface area contributed by atoms with Crippen molar-refractivity contribution in [3.63, 3.8) is 0 Å². The van der Waals surface area contributed by atoms with E-state index in [0.29, 0.717) is 5.75 Å². The first-order chi connectivity index (χ1) is 10.1. The lowest BCUT2D eigenvalue weighted by atomic mass is 9.96. The molecule has 0 amide bonds. The summed E-state index contributed by atoms with van der Waals surface area (Å²) < 4.78 is 16.1. The van der Waals surface area contributed by atoms with Crippen molar-refractivity contribution < 1.29 is 14.2 Å². The zero-order chi connectivity index (χ0) is 15.4. The highest BCUT2D eigenvalue weighted by Crippen LogP contribution is 2.35. The van der Waals surface area contributed by atoms with Gasteiger partial charge < -0.3 is 19.9 Å². The highest BCUT2D eigenvalue weighted by Gasteiger charge is 2.18. The first-order valence-electron chi connectivity index (χ1n) is 6.72. The molecule has 0 saturated heterocycles. The molecule has 21 heavy (non-hydrogen) atoms. The zero-order valence-electron chi connectivity index (χ0n) is 12.8. The molecule has 0 saturated carbocycles. The molecule has 0 aromatic heterocycles. The lowest BCUT2D eigenvalue weighted by molar-refractivity contribution is 0.388. The summed E-state index contributed by atoms with van der Waals surface area (Å²) in [5.41, 5.74) is 9.38. The number of hydrogen-bond donors (Lipinski definition) is 1. The number of nitrogens with two attached hydrogens (primary N) is 1. The molecule has 2 aromatic rings. The van der Waals surface area contributed by atoms with Crippen LogP contribution in [-0.2, 0) is 0 Å². The van der Waals surface area contributed by atoms with E-state index in [4.69, 9.17) is 19.9 Å². The number of methoxy groups -OCH3 is 3. The summed E-state index contributed by atoms with van der Waals surface area (Å²) >= 11 is 0. The van der Waals surface area contributed by atoms with Crippen molar-refractivity contribution >= 4 is 0 Å². The number of hydrogen-bond acceptors (Lipinski definition) is 4. The molecule has 4 heteroatoms. The maximum absolute atomic E-state index is 6.43. The van der Waals surface area contributed by atoms with Crippen LogP contribution in [0, 0.1) is 6.92 Å². The lowest BCUT2D eigenvalue weighted by Crippen LogP contribution is -2.14. The highest BCUT2D eigenvalue weighted by atomic mass is 16.5. The molecule has 0 aliphatic heterocycles. The van der Waals surface area contributed by atoms with Crippen LogP contribution in [0.1, 0.15) is 22.7 Å². The van der Waals surface area contributed by atoms with E-state index < -0.39 is 0 Å². The standard InChI is InChI=1S/C17H21NO3/c1-11-5-8-15(20-3)14(9-11)17(18)13-7-6-12(19-2)10-16(13)21-4/h5-10,17H,18H2,1-4H3. The smallest absolute Gasteiger partial charge is 0.127 e. The Balaban J connectivity index is 2.49. The van der Waals surface area contributed by atoms with Crippen molar-refractivity contribution in [3.8, 4) is 17.2 Å². The van der Waals surface area contributed by atoms with Gasteiger partial charge in [-0.3, -0.25) is 0 Å². The third kappa shape index (κ3) is 3.11. The fraction of sp³-hybridized carbons (Fsp3) is 0.294. The lowest BCUT2D eigenvalue weighted by Gasteiger charge is -2.19. The average Bonchev–Trinajstić information content (AvgIpc) is 2.53. The summed E-state index contributed by atoms with van der Waals surface area (Å²) in [6.07, 6.45) is 0. The average molecular weight is 287 g/mol. The molecule has 2 N–H and O–H groups in total. The third-order valence-electron chi connectivity index (χ3n) is 3.50. The van der Waals surface area contributed by atoms with Gasteiger partial charge in [0, 0.05) is 17.2 Å². The number of benzene rings is 2. The Hall–Kier alpha value is -2.20. The minimum atomic E-state index is -0.333. The van der Waals surface area contributed by atoms with Crippen molar-refractivity contribution in [2.75, 3.05) is 21.3 Å². The van der Waals surface area contributed by atoms with Gasteiger partial charge in [-0.25, -0.2) is 0 Å². The fourth-order valence-corrected chi connectivity index (χ4v) is 2.34. The summed E-state index contributed by atoms with van der Waals surface area (Å²) in [6, 6.07) is 11.3. The van der Waals surface area contributed by atoms with Crippen molar-refractivity contribution in [2.24, 2.45) is 5.73 Å². The predicted molar refractivity (Wildman–Crippen MR) is 83.3 cm³/mol. The molecule has 4 nitrogen and oxygen atoms in total. The summed E-state index contributed by atoms with van der Waals surface area (Å²) in [6.45, 7) is 2.03. The first-order valence-corrected chi connectivity index (χ1v) is 6.72. The molecule has 112 valence electrons. The molecule has 2 aromatic carbocycles. The predicted octanol–water partition coefficient (Wildman–Crippen LogP) is 3.07. The van der Waals surface area contributed by atoms with Crippen LogP contribution in [0.5, 0.6) is 17.2 Å². The van der Waals surface area contributed by atoms with E-state index in [0.717, 1.165) is 28.2 Å². The Bertz CT molecular complexity index is 625. The van der Waals surface area contributed by atoms with Gasteiger partial charge in [-0.1, -0.05) is 17.7 Å². The van der Waals surface area contributed by atoms with Crippen LogP contribution in [0.2, 0.25) is 0 Å². The van der Waals surface area contributed by atoms with Gasteiger partial charge in [0.1, 0.15) is 17.2 Å². The van der Waals surface area contributed by atoms with Crippen LogP contribution < -0.4 is 19.9 Å². The minimum Gasteiger partial charge on any atom is -0.497 e. The Morgan fingerprint density at radius 3 is 2.14 bits per heavy atom. The van der Waals surface area contributed by atoms with Crippen molar-refractivity contribution in [1.82, 2.24) is 0 Å². The molecule has 0 aliphatic rings. The molecular weight excluding hydrogens is 266 g/mol. The largest absolute Gasteiger partial charge is 0.497 e. The van der Waals surface area contributed by atoms with Crippen molar-refractivity contribution in [3.05, 3.63) is 53.1 Å². The van der Waals surface area contributed by atoms with E-state index in [1.54, 1.807) is 21.3 Å². The summed E-state index contributed by atoms with van der Waals surface area (Å²) in [4.78, 5) is 0. The molecule has 1 unspecified atom stereocenters.